The lowest BCUT2D eigenvalue weighted by Gasteiger charge is -2.31. The van der Waals surface area contributed by atoms with E-state index in [1.165, 1.54) is 5.56 Å². The van der Waals surface area contributed by atoms with Gasteiger partial charge in [0.25, 0.3) is 5.56 Å². The number of pyridine rings is 2. The molecular formula is C29H33N3O5. The van der Waals surface area contributed by atoms with Gasteiger partial charge in [-0.15, -0.1) is 0 Å². The second-order valence-electron chi connectivity index (χ2n) is 11.3. The number of esters is 1. The molecule has 0 fully saturated rings. The summed E-state index contributed by atoms with van der Waals surface area (Å²) >= 11 is 0. The van der Waals surface area contributed by atoms with Gasteiger partial charge in [-0.2, -0.15) is 0 Å². The number of rotatable bonds is 5. The minimum absolute atomic E-state index is 0.0976. The summed E-state index contributed by atoms with van der Waals surface area (Å²) in [5, 5.41) is 16.4. The molecule has 5 rings (SSSR count). The van der Waals surface area contributed by atoms with E-state index in [9.17, 15) is 14.7 Å². The van der Waals surface area contributed by atoms with E-state index >= 15 is 0 Å². The molecule has 0 saturated heterocycles. The minimum Gasteiger partial charge on any atom is -0.458 e. The molecule has 1 unspecified atom stereocenters. The second-order valence-corrected chi connectivity index (χ2v) is 11.3. The van der Waals surface area contributed by atoms with Crippen molar-refractivity contribution in [3.63, 3.8) is 0 Å². The number of aromatic nitrogens is 2. The molecule has 1 N–H and O–H groups in total. The Morgan fingerprint density at radius 2 is 2.00 bits per heavy atom. The number of aliphatic hydroxyl groups is 1. The van der Waals surface area contributed by atoms with E-state index in [0.29, 0.717) is 35.0 Å². The highest BCUT2D eigenvalue weighted by molar-refractivity contribution is 6.02. The zero-order chi connectivity index (χ0) is 26.7. The maximum Gasteiger partial charge on any atom is 0.343 e. The molecule has 2 aliphatic rings. The highest BCUT2D eigenvalue weighted by Crippen LogP contribution is 2.40. The van der Waals surface area contributed by atoms with Gasteiger partial charge in [-0.25, -0.2) is 9.78 Å². The summed E-state index contributed by atoms with van der Waals surface area (Å²) < 4.78 is 6.83. The normalized spacial score (nSPS) is 18.8. The van der Waals surface area contributed by atoms with Crippen LogP contribution in [-0.4, -0.2) is 32.4 Å². The number of nitrogens with zero attached hydrogens (tertiary/aromatic N) is 3. The average molecular weight is 504 g/mol. The zero-order valence-corrected chi connectivity index (χ0v) is 22.2. The van der Waals surface area contributed by atoms with Crippen molar-refractivity contribution in [1.82, 2.24) is 9.55 Å². The standard InChI is InChI=1S/C29H33N3O5/c1-7-29(35)22-12-24-25-20(14-32(24)26(33)21(22)15-36-27(29)34)19(13-30-37-28(4,5)6)18-11-17(10-16(2)3)8-9-23(18)31-25/h8-9,11-13,16,35H,7,10,14-15H2,1-6H3/b30-13+. The molecule has 37 heavy (non-hydrogen) atoms. The summed E-state index contributed by atoms with van der Waals surface area (Å²) in [6, 6.07) is 7.94. The Bertz CT molecular complexity index is 1510. The van der Waals surface area contributed by atoms with E-state index in [0.717, 1.165) is 28.5 Å². The molecule has 0 bridgehead atoms. The SMILES string of the molecule is CCC1(O)C(=O)OCc2c1cc1n(c2=O)Cc2c-1nc1ccc(CC(C)C)cc1c2/C=N/OC(C)(C)C. The van der Waals surface area contributed by atoms with Gasteiger partial charge < -0.3 is 19.2 Å². The maximum absolute atomic E-state index is 13.6. The van der Waals surface area contributed by atoms with Crippen molar-refractivity contribution >= 4 is 23.1 Å². The number of benzene rings is 1. The largest absolute Gasteiger partial charge is 0.458 e. The Morgan fingerprint density at radius 3 is 2.68 bits per heavy atom. The Morgan fingerprint density at radius 1 is 1.24 bits per heavy atom. The third-order valence-electron chi connectivity index (χ3n) is 6.95. The van der Waals surface area contributed by atoms with Gasteiger partial charge in [-0.1, -0.05) is 32.0 Å². The van der Waals surface area contributed by atoms with Crippen LogP contribution < -0.4 is 5.56 Å². The van der Waals surface area contributed by atoms with Crippen LogP contribution in [0.3, 0.4) is 0 Å². The predicted octanol–water partition coefficient (Wildman–Crippen LogP) is 4.43. The summed E-state index contributed by atoms with van der Waals surface area (Å²) in [5.41, 5.74) is 2.86. The van der Waals surface area contributed by atoms with Crippen molar-refractivity contribution in [2.24, 2.45) is 11.1 Å². The Labute approximate surface area is 215 Å². The maximum atomic E-state index is 13.6. The van der Waals surface area contributed by atoms with Crippen molar-refractivity contribution in [1.29, 1.82) is 0 Å². The number of ether oxygens (including phenoxy) is 1. The number of oxime groups is 1. The molecule has 8 nitrogen and oxygen atoms in total. The van der Waals surface area contributed by atoms with Crippen LogP contribution in [0.4, 0.5) is 0 Å². The summed E-state index contributed by atoms with van der Waals surface area (Å²) in [4.78, 5) is 36.7. The number of carbonyl (C=O) groups excluding carboxylic acids is 1. The highest BCUT2D eigenvalue weighted by atomic mass is 16.6. The summed E-state index contributed by atoms with van der Waals surface area (Å²) in [5.74, 6) is -0.237. The topological polar surface area (TPSA) is 103 Å². The van der Waals surface area contributed by atoms with Crippen molar-refractivity contribution in [3.05, 3.63) is 62.4 Å². The summed E-state index contributed by atoms with van der Waals surface area (Å²) in [7, 11) is 0. The zero-order valence-electron chi connectivity index (χ0n) is 22.2. The monoisotopic (exact) mass is 503 g/mol. The molecule has 1 atom stereocenters. The van der Waals surface area contributed by atoms with E-state index < -0.39 is 17.2 Å². The molecule has 0 saturated carbocycles. The van der Waals surface area contributed by atoms with E-state index in [2.05, 4.69) is 31.1 Å². The van der Waals surface area contributed by atoms with Crippen molar-refractivity contribution in [2.75, 3.05) is 0 Å². The first kappa shape index (κ1) is 25.1. The molecular weight excluding hydrogens is 470 g/mol. The Kier molecular flexibility index (Phi) is 5.98. The smallest absolute Gasteiger partial charge is 0.343 e. The van der Waals surface area contributed by atoms with Gasteiger partial charge in [0, 0.05) is 22.1 Å². The van der Waals surface area contributed by atoms with Crippen LogP contribution in [-0.2, 0) is 39.5 Å². The number of cyclic esters (lactones) is 1. The molecule has 0 amide bonds. The number of carbonyl (C=O) groups is 1. The van der Waals surface area contributed by atoms with E-state index in [1.807, 2.05) is 26.8 Å². The minimum atomic E-state index is -1.86. The Hall–Kier alpha value is -3.52. The molecule has 0 radical (unpaired) electrons. The van der Waals surface area contributed by atoms with Crippen molar-refractivity contribution in [2.45, 2.75) is 78.7 Å². The predicted molar refractivity (Wildman–Crippen MR) is 141 cm³/mol. The molecule has 2 aromatic heterocycles. The molecule has 0 aliphatic carbocycles. The fraction of sp³-hybridized carbons (Fsp3) is 0.448. The third kappa shape index (κ3) is 4.23. The molecule has 4 heterocycles. The highest BCUT2D eigenvalue weighted by Gasteiger charge is 2.45. The fourth-order valence-electron chi connectivity index (χ4n) is 5.14. The van der Waals surface area contributed by atoms with Crippen LogP contribution in [0, 0.1) is 5.92 Å². The van der Waals surface area contributed by atoms with Gasteiger partial charge in [-0.05, 0) is 63.3 Å². The van der Waals surface area contributed by atoms with E-state index in [4.69, 9.17) is 14.6 Å². The van der Waals surface area contributed by atoms with Crippen LogP contribution in [0.15, 0.2) is 34.2 Å². The second kappa shape index (κ2) is 8.80. The lowest BCUT2D eigenvalue weighted by molar-refractivity contribution is -0.172. The van der Waals surface area contributed by atoms with Crippen LogP contribution in [0.1, 0.15) is 75.8 Å². The first-order valence-electron chi connectivity index (χ1n) is 12.8. The fourth-order valence-corrected chi connectivity index (χ4v) is 5.14. The Balaban J connectivity index is 1.75. The van der Waals surface area contributed by atoms with E-state index in [1.54, 1.807) is 23.8 Å². The molecule has 8 heteroatoms. The summed E-state index contributed by atoms with van der Waals surface area (Å²) in [6.07, 6.45) is 2.73. The third-order valence-corrected chi connectivity index (χ3v) is 6.95. The molecule has 3 aromatic rings. The van der Waals surface area contributed by atoms with Crippen molar-refractivity contribution in [3.8, 4) is 11.4 Å². The van der Waals surface area contributed by atoms with Crippen LogP contribution in [0.25, 0.3) is 22.3 Å². The molecule has 194 valence electrons. The first-order valence-corrected chi connectivity index (χ1v) is 12.8. The van der Waals surface area contributed by atoms with Gasteiger partial charge in [-0.3, -0.25) is 4.79 Å². The van der Waals surface area contributed by atoms with Crippen LogP contribution >= 0.6 is 0 Å². The van der Waals surface area contributed by atoms with Gasteiger partial charge in [0.1, 0.15) is 12.2 Å². The average Bonchev–Trinajstić information content (AvgIpc) is 3.19. The van der Waals surface area contributed by atoms with Gasteiger partial charge in [0.15, 0.2) is 5.60 Å². The molecule has 0 spiro atoms. The summed E-state index contributed by atoms with van der Waals surface area (Å²) in [6.45, 7) is 12.0. The first-order chi connectivity index (χ1) is 17.4. The lowest BCUT2D eigenvalue weighted by atomic mass is 9.86. The van der Waals surface area contributed by atoms with Crippen LogP contribution in [0.2, 0.25) is 0 Å². The number of hydrogen-bond donors (Lipinski definition) is 1. The van der Waals surface area contributed by atoms with Gasteiger partial charge in [0.05, 0.1) is 35.2 Å². The number of fused-ring (bicyclic) bond motifs is 5. The van der Waals surface area contributed by atoms with Gasteiger partial charge >= 0.3 is 5.97 Å². The number of hydrogen-bond acceptors (Lipinski definition) is 7. The molecule has 2 aliphatic heterocycles. The quantitative estimate of drug-likeness (QED) is 0.246. The van der Waals surface area contributed by atoms with Gasteiger partial charge in [0.2, 0.25) is 0 Å². The van der Waals surface area contributed by atoms with Crippen LogP contribution in [0.5, 0.6) is 0 Å². The van der Waals surface area contributed by atoms with E-state index in [-0.39, 0.29) is 18.6 Å². The lowest BCUT2D eigenvalue weighted by Crippen LogP contribution is -2.44. The van der Waals surface area contributed by atoms with Crippen molar-refractivity contribution < 1.29 is 19.5 Å². The molecule has 1 aromatic carbocycles.